The quantitative estimate of drug-likeness (QED) is 0.604. The molecule has 2 nitrogen and oxygen atoms in total. The van der Waals surface area contributed by atoms with Crippen molar-refractivity contribution in [3.63, 3.8) is 0 Å². The minimum absolute atomic E-state index is 0.167. The summed E-state index contributed by atoms with van der Waals surface area (Å²) >= 11 is 5.38. The van der Waals surface area contributed by atoms with Crippen molar-refractivity contribution in [3.05, 3.63) is 35.6 Å². The summed E-state index contributed by atoms with van der Waals surface area (Å²) in [5, 5.41) is 9.07. The summed E-state index contributed by atoms with van der Waals surface area (Å²) in [5.74, 6) is -0.108. The molecule has 0 radical (unpaired) electrons. The number of hydrogen-bond acceptors (Lipinski definition) is 2. The van der Waals surface area contributed by atoms with Crippen molar-refractivity contribution in [1.29, 1.82) is 0 Å². The molecular weight excluding hydrogens is 205 g/mol. The average Bonchev–Trinajstić information content (AvgIpc) is 2.21. The van der Waals surface area contributed by atoms with E-state index >= 15 is 0 Å². The molecule has 1 aromatic carbocycles. The second kappa shape index (κ2) is 5.73. The largest absolute Gasteiger partial charge is 0.390 e. The molecule has 0 spiro atoms. The van der Waals surface area contributed by atoms with Gasteiger partial charge in [-0.15, -0.1) is 11.6 Å². The number of aliphatic hydroxyl groups is 1. The second-order valence-corrected chi connectivity index (χ2v) is 3.16. The number of hydrogen-bond donors (Lipinski definition) is 1. The molecule has 0 unspecified atom stereocenters. The van der Waals surface area contributed by atoms with Gasteiger partial charge in [-0.2, -0.15) is 0 Å². The van der Waals surface area contributed by atoms with Crippen LogP contribution in [0, 0.1) is 5.82 Å². The number of halogens is 2. The Hall–Kier alpha value is -0.930. The van der Waals surface area contributed by atoms with Crippen LogP contribution >= 0.6 is 11.6 Å². The first-order chi connectivity index (χ1) is 6.72. The van der Waals surface area contributed by atoms with Gasteiger partial charge in [0.2, 0.25) is 0 Å². The average molecular weight is 216 g/mol. The summed E-state index contributed by atoms with van der Waals surface area (Å²) in [6, 6.07) is 5.95. The zero-order chi connectivity index (χ0) is 10.4. The van der Waals surface area contributed by atoms with Crippen LogP contribution in [0.4, 0.5) is 4.39 Å². The first-order valence-electron chi connectivity index (χ1n) is 4.22. The molecule has 0 saturated heterocycles. The smallest absolute Gasteiger partial charge is 0.123 e. The molecule has 0 aliphatic heterocycles. The van der Waals surface area contributed by atoms with Gasteiger partial charge in [-0.1, -0.05) is 12.1 Å². The maximum absolute atomic E-state index is 12.5. The van der Waals surface area contributed by atoms with Crippen LogP contribution in [-0.4, -0.2) is 29.8 Å². The van der Waals surface area contributed by atoms with E-state index in [1.165, 1.54) is 12.1 Å². The Balaban J connectivity index is 2.48. The molecular formula is C10H11ClFNO. The minimum Gasteiger partial charge on any atom is -0.390 e. The Bertz CT molecular complexity index is 299. The van der Waals surface area contributed by atoms with Gasteiger partial charge >= 0.3 is 0 Å². The van der Waals surface area contributed by atoms with Crippen LogP contribution < -0.4 is 0 Å². The van der Waals surface area contributed by atoms with Crippen LogP contribution in [0.2, 0.25) is 0 Å². The number of benzene rings is 1. The molecule has 0 aliphatic carbocycles. The van der Waals surface area contributed by atoms with Crippen LogP contribution in [0.3, 0.4) is 0 Å². The van der Waals surface area contributed by atoms with E-state index in [0.29, 0.717) is 0 Å². The lowest BCUT2D eigenvalue weighted by Crippen LogP contribution is -2.12. The molecule has 0 heterocycles. The van der Waals surface area contributed by atoms with Crippen molar-refractivity contribution < 1.29 is 9.50 Å². The lowest BCUT2D eigenvalue weighted by molar-refractivity contribution is 0.207. The fourth-order valence-electron chi connectivity index (χ4n) is 0.877. The summed E-state index contributed by atoms with van der Waals surface area (Å²) in [6.45, 7) is 0.265. The third-order valence-electron chi connectivity index (χ3n) is 1.60. The highest BCUT2D eigenvalue weighted by atomic mass is 35.5. The van der Waals surface area contributed by atoms with E-state index in [9.17, 15) is 4.39 Å². The summed E-state index contributed by atoms with van der Waals surface area (Å²) in [7, 11) is 0. The molecule has 1 N–H and O–H groups in total. The van der Waals surface area contributed by atoms with E-state index in [2.05, 4.69) is 4.99 Å². The van der Waals surface area contributed by atoms with Crippen molar-refractivity contribution >= 4 is 17.8 Å². The highest BCUT2D eigenvalue weighted by Gasteiger charge is 1.97. The van der Waals surface area contributed by atoms with Crippen LogP contribution in [-0.2, 0) is 0 Å². The lowest BCUT2D eigenvalue weighted by atomic mass is 10.2. The standard InChI is InChI=1S/C10H11ClFNO/c11-5-10(14)7-13-6-8-1-3-9(12)4-2-8/h1-4,6,10,14H,5,7H2/t10-/m0/s1. The number of aliphatic hydroxyl groups excluding tert-OH is 1. The molecule has 4 heteroatoms. The second-order valence-electron chi connectivity index (χ2n) is 2.85. The van der Waals surface area contributed by atoms with E-state index in [-0.39, 0.29) is 18.2 Å². The Morgan fingerprint density at radius 1 is 1.43 bits per heavy atom. The minimum atomic E-state index is -0.617. The summed E-state index contributed by atoms with van der Waals surface area (Å²) < 4.78 is 12.5. The highest BCUT2D eigenvalue weighted by molar-refractivity contribution is 6.18. The van der Waals surface area contributed by atoms with E-state index in [1.54, 1.807) is 18.3 Å². The zero-order valence-corrected chi connectivity index (χ0v) is 8.28. The zero-order valence-electron chi connectivity index (χ0n) is 7.53. The Kier molecular flexibility index (Phi) is 4.56. The number of nitrogens with zero attached hydrogens (tertiary/aromatic N) is 1. The topological polar surface area (TPSA) is 32.6 Å². The monoisotopic (exact) mass is 215 g/mol. The van der Waals surface area contributed by atoms with Crippen LogP contribution in [0.15, 0.2) is 29.3 Å². The van der Waals surface area contributed by atoms with Crippen LogP contribution in [0.1, 0.15) is 5.56 Å². The molecule has 0 aromatic heterocycles. The highest BCUT2D eigenvalue weighted by Crippen LogP contribution is 2.00. The van der Waals surface area contributed by atoms with E-state index < -0.39 is 6.10 Å². The van der Waals surface area contributed by atoms with Crippen molar-refractivity contribution in [2.75, 3.05) is 12.4 Å². The van der Waals surface area contributed by atoms with Gasteiger partial charge in [0.1, 0.15) is 5.82 Å². The first kappa shape index (κ1) is 11.1. The molecule has 14 heavy (non-hydrogen) atoms. The fraction of sp³-hybridized carbons (Fsp3) is 0.300. The Morgan fingerprint density at radius 3 is 2.64 bits per heavy atom. The Morgan fingerprint density at radius 2 is 2.07 bits per heavy atom. The summed E-state index contributed by atoms with van der Waals surface area (Å²) in [5.41, 5.74) is 0.799. The number of rotatable bonds is 4. The maximum atomic E-state index is 12.5. The summed E-state index contributed by atoms with van der Waals surface area (Å²) in [6.07, 6.45) is 0.961. The molecule has 0 aliphatic rings. The van der Waals surface area contributed by atoms with Gasteiger partial charge in [0, 0.05) is 6.21 Å². The van der Waals surface area contributed by atoms with Gasteiger partial charge in [0.15, 0.2) is 0 Å². The van der Waals surface area contributed by atoms with Crippen LogP contribution in [0.5, 0.6) is 0 Å². The van der Waals surface area contributed by atoms with Gasteiger partial charge < -0.3 is 5.11 Å². The lowest BCUT2D eigenvalue weighted by Gasteiger charge is -2.00. The van der Waals surface area contributed by atoms with Crippen molar-refractivity contribution in [2.24, 2.45) is 4.99 Å². The molecule has 0 bridgehead atoms. The molecule has 0 amide bonds. The maximum Gasteiger partial charge on any atom is 0.123 e. The molecule has 1 rings (SSSR count). The fourth-order valence-corrected chi connectivity index (χ4v) is 0.975. The third kappa shape index (κ3) is 3.85. The predicted molar refractivity (Wildman–Crippen MR) is 55.6 cm³/mol. The molecule has 0 saturated carbocycles. The predicted octanol–water partition coefficient (Wildman–Crippen LogP) is 1.84. The normalized spacial score (nSPS) is 13.4. The van der Waals surface area contributed by atoms with E-state index in [0.717, 1.165) is 5.56 Å². The van der Waals surface area contributed by atoms with Gasteiger partial charge in [0.05, 0.1) is 18.5 Å². The van der Waals surface area contributed by atoms with Crippen molar-refractivity contribution in [1.82, 2.24) is 0 Å². The van der Waals surface area contributed by atoms with Crippen molar-refractivity contribution in [2.45, 2.75) is 6.10 Å². The van der Waals surface area contributed by atoms with Gasteiger partial charge in [0.25, 0.3) is 0 Å². The molecule has 1 atom stereocenters. The first-order valence-corrected chi connectivity index (χ1v) is 4.75. The SMILES string of the molecule is O[C@@H](CCl)CN=Cc1ccc(F)cc1. The van der Waals surface area contributed by atoms with E-state index in [1.807, 2.05) is 0 Å². The number of alkyl halides is 1. The van der Waals surface area contributed by atoms with Crippen LogP contribution in [0.25, 0.3) is 0 Å². The number of aliphatic imine (C=N–C) groups is 1. The Labute approximate surface area is 87.0 Å². The molecule has 1 aromatic rings. The molecule has 0 fully saturated rings. The van der Waals surface area contributed by atoms with Gasteiger partial charge in [-0.05, 0) is 17.7 Å². The van der Waals surface area contributed by atoms with Gasteiger partial charge in [-0.3, -0.25) is 4.99 Å². The molecule has 76 valence electrons. The third-order valence-corrected chi connectivity index (χ3v) is 1.96. The van der Waals surface area contributed by atoms with Crippen molar-refractivity contribution in [3.8, 4) is 0 Å². The van der Waals surface area contributed by atoms with E-state index in [4.69, 9.17) is 16.7 Å². The summed E-state index contributed by atoms with van der Waals surface area (Å²) in [4.78, 5) is 3.96. The van der Waals surface area contributed by atoms with Gasteiger partial charge in [-0.25, -0.2) is 4.39 Å².